The minimum absolute atomic E-state index is 0.172. The van der Waals surface area contributed by atoms with Crippen molar-refractivity contribution in [1.82, 2.24) is 0 Å². The van der Waals surface area contributed by atoms with Crippen molar-refractivity contribution >= 4 is 40.8 Å². The van der Waals surface area contributed by atoms with Gasteiger partial charge in [0.05, 0.1) is 12.8 Å². The van der Waals surface area contributed by atoms with Gasteiger partial charge in [-0.3, -0.25) is 0 Å². The first-order valence-electron chi connectivity index (χ1n) is 2.50. The number of allylic oxidation sites excluding steroid dienone is 1. The van der Waals surface area contributed by atoms with E-state index in [9.17, 15) is 4.79 Å². The second-order valence-electron chi connectivity index (χ2n) is 1.62. The fourth-order valence-corrected chi connectivity index (χ4v) is 0.431. The number of hydrogen-bond donors (Lipinski definition) is 1. The van der Waals surface area contributed by atoms with Crippen LogP contribution in [0.5, 0.6) is 0 Å². The van der Waals surface area contributed by atoms with E-state index in [1.807, 2.05) is 0 Å². The molecule has 3 nitrogen and oxygen atoms in total. The molecule has 0 fully saturated rings. The summed E-state index contributed by atoms with van der Waals surface area (Å²) >= 11 is 15.9. The molecule has 0 aliphatic heterocycles. The Bertz CT molecular complexity index is 185. The molecule has 2 N–H and O–H groups in total. The van der Waals surface area contributed by atoms with Crippen LogP contribution in [0.4, 0.5) is 0 Å². The third-order valence-corrected chi connectivity index (χ3v) is 1.46. The van der Waals surface area contributed by atoms with Crippen LogP contribution in [0.3, 0.4) is 0 Å². The van der Waals surface area contributed by atoms with Gasteiger partial charge in [0.1, 0.15) is 0 Å². The summed E-state index contributed by atoms with van der Waals surface area (Å²) in [6.45, 7) is 0. The topological polar surface area (TPSA) is 52.3 Å². The summed E-state index contributed by atoms with van der Waals surface area (Å²) in [6, 6.07) is 0. The van der Waals surface area contributed by atoms with Crippen molar-refractivity contribution in [2.45, 2.75) is 3.79 Å². The van der Waals surface area contributed by atoms with Gasteiger partial charge in [-0.2, -0.15) is 0 Å². The summed E-state index contributed by atoms with van der Waals surface area (Å²) in [5, 5.41) is 0. The molecule has 0 heterocycles. The molecule has 0 saturated heterocycles. The summed E-state index contributed by atoms with van der Waals surface area (Å²) in [6.07, 6.45) is 0.910. The zero-order chi connectivity index (χ0) is 9.07. The second-order valence-corrected chi connectivity index (χ2v) is 3.90. The van der Waals surface area contributed by atoms with Gasteiger partial charge in [-0.15, -0.1) is 0 Å². The maximum atomic E-state index is 10.5. The number of alkyl halides is 3. The first-order chi connectivity index (χ1) is 4.88. The highest BCUT2D eigenvalue weighted by molar-refractivity contribution is 6.69. The molecule has 0 saturated carbocycles. The molecule has 0 aliphatic carbocycles. The molecule has 6 heteroatoms. The molecule has 0 radical (unpaired) electrons. The highest BCUT2D eigenvalue weighted by atomic mass is 35.6. The largest absolute Gasteiger partial charge is 0.466 e. The Morgan fingerprint density at radius 1 is 1.55 bits per heavy atom. The van der Waals surface area contributed by atoms with Crippen LogP contribution in [0.2, 0.25) is 0 Å². The van der Waals surface area contributed by atoms with E-state index in [2.05, 4.69) is 4.74 Å². The van der Waals surface area contributed by atoms with Gasteiger partial charge in [0.15, 0.2) is 0 Å². The highest BCUT2D eigenvalue weighted by Gasteiger charge is 2.24. The van der Waals surface area contributed by atoms with Crippen molar-refractivity contribution in [2.75, 3.05) is 7.11 Å². The lowest BCUT2D eigenvalue weighted by atomic mass is 10.4. The Morgan fingerprint density at radius 3 is 2.27 bits per heavy atom. The summed E-state index contributed by atoms with van der Waals surface area (Å²) in [5.41, 5.74) is 5.02. The van der Waals surface area contributed by atoms with Crippen molar-refractivity contribution < 1.29 is 9.53 Å². The molecule has 0 aromatic rings. The van der Waals surface area contributed by atoms with Crippen LogP contribution in [-0.4, -0.2) is 16.9 Å². The Kier molecular flexibility index (Phi) is 4.00. The Labute approximate surface area is 79.0 Å². The number of rotatable bonds is 1. The van der Waals surface area contributed by atoms with Crippen molar-refractivity contribution in [3.8, 4) is 0 Å². The molecule has 64 valence electrons. The number of carbonyl (C=O) groups excluding carboxylic acids is 1. The van der Waals surface area contributed by atoms with Crippen LogP contribution in [0.25, 0.3) is 0 Å². The lowest BCUT2D eigenvalue weighted by Crippen LogP contribution is -2.17. The Morgan fingerprint density at radius 2 is 2.00 bits per heavy atom. The first-order valence-corrected chi connectivity index (χ1v) is 3.63. The molecule has 0 unspecified atom stereocenters. The van der Waals surface area contributed by atoms with Gasteiger partial charge < -0.3 is 10.5 Å². The van der Waals surface area contributed by atoms with Gasteiger partial charge in [0.25, 0.3) is 0 Å². The summed E-state index contributed by atoms with van der Waals surface area (Å²) < 4.78 is 2.49. The minimum atomic E-state index is -1.76. The third kappa shape index (κ3) is 4.35. The van der Waals surface area contributed by atoms with Gasteiger partial charge >= 0.3 is 5.97 Å². The highest BCUT2D eigenvalue weighted by Crippen LogP contribution is 2.31. The number of methoxy groups -OCH3 is 1. The predicted octanol–water partition coefficient (Wildman–Crippen LogP) is 1.37. The Balaban J connectivity index is 4.35. The van der Waals surface area contributed by atoms with E-state index in [0.29, 0.717) is 0 Å². The molecule has 0 rings (SSSR count). The maximum absolute atomic E-state index is 10.5. The number of hydrogen-bond acceptors (Lipinski definition) is 3. The van der Waals surface area contributed by atoms with E-state index in [1.165, 1.54) is 7.11 Å². The smallest absolute Gasteiger partial charge is 0.332 e. The normalized spacial score (nSPS) is 12.9. The molecule has 0 aliphatic rings. The molecule has 0 amide bonds. The quantitative estimate of drug-likeness (QED) is 0.411. The molecule has 11 heavy (non-hydrogen) atoms. The van der Waals surface area contributed by atoms with Crippen LogP contribution in [-0.2, 0) is 9.53 Å². The van der Waals surface area contributed by atoms with E-state index in [1.54, 1.807) is 0 Å². The van der Waals surface area contributed by atoms with Crippen LogP contribution < -0.4 is 5.73 Å². The van der Waals surface area contributed by atoms with Gasteiger partial charge in [-0.05, 0) is 0 Å². The van der Waals surface area contributed by atoms with Crippen LogP contribution >= 0.6 is 34.8 Å². The summed E-state index contributed by atoms with van der Waals surface area (Å²) in [4.78, 5) is 10.5. The number of carbonyl (C=O) groups is 1. The lowest BCUT2D eigenvalue weighted by Gasteiger charge is -2.09. The number of nitrogens with two attached hydrogens (primary N) is 1. The predicted molar refractivity (Wildman–Crippen MR) is 44.6 cm³/mol. The fourth-order valence-electron chi connectivity index (χ4n) is 0.268. The number of esters is 1. The average molecular weight is 218 g/mol. The van der Waals surface area contributed by atoms with Crippen LogP contribution in [0.1, 0.15) is 0 Å². The minimum Gasteiger partial charge on any atom is -0.466 e. The van der Waals surface area contributed by atoms with Gasteiger partial charge in [-0.1, -0.05) is 34.8 Å². The standard InChI is InChI=1S/C5H6Cl3NO2/c1-11-4(10)2-3(9)5(6,7)8/h2H,9H2,1H3/b3-2-. The molecule has 0 atom stereocenters. The van der Waals surface area contributed by atoms with E-state index in [-0.39, 0.29) is 5.70 Å². The number of halogens is 3. The van der Waals surface area contributed by atoms with Crippen LogP contribution in [0.15, 0.2) is 11.8 Å². The van der Waals surface area contributed by atoms with Crippen LogP contribution in [0, 0.1) is 0 Å². The zero-order valence-corrected chi connectivity index (χ0v) is 7.87. The molecular formula is C5H6Cl3NO2. The van der Waals surface area contributed by atoms with E-state index < -0.39 is 9.76 Å². The van der Waals surface area contributed by atoms with Gasteiger partial charge in [-0.25, -0.2) is 4.79 Å². The van der Waals surface area contributed by atoms with E-state index in [4.69, 9.17) is 40.5 Å². The first kappa shape index (κ1) is 10.9. The zero-order valence-electron chi connectivity index (χ0n) is 5.61. The van der Waals surface area contributed by atoms with Gasteiger partial charge in [0.2, 0.25) is 3.79 Å². The van der Waals surface area contributed by atoms with Crippen molar-refractivity contribution in [2.24, 2.45) is 5.73 Å². The van der Waals surface area contributed by atoms with Crippen molar-refractivity contribution in [1.29, 1.82) is 0 Å². The third-order valence-electron chi connectivity index (χ3n) is 0.802. The lowest BCUT2D eigenvalue weighted by molar-refractivity contribution is -0.134. The SMILES string of the molecule is COC(=O)/C=C(\N)C(Cl)(Cl)Cl. The second kappa shape index (κ2) is 4.04. The summed E-state index contributed by atoms with van der Waals surface area (Å²) in [7, 11) is 1.20. The number of ether oxygens (including phenoxy) is 1. The molecular weight excluding hydrogens is 212 g/mol. The molecule has 0 aromatic heterocycles. The average Bonchev–Trinajstić information content (AvgIpc) is 1.85. The van der Waals surface area contributed by atoms with E-state index in [0.717, 1.165) is 6.08 Å². The Hall–Kier alpha value is -0.120. The summed E-state index contributed by atoms with van der Waals surface area (Å²) in [5.74, 6) is -0.658. The van der Waals surface area contributed by atoms with E-state index >= 15 is 0 Å². The molecule has 0 spiro atoms. The monoisotopic (exact) mass is 217 g/mol. The molecule has 0 aromatic carbocycles. The van der Waals surface area contributed by atoms with Gasteiger partial charge in [0, 0.05) is 6.08 Å². The maximum Gasteiger partial charge on any atom is 0.332 e. The van der Waals surface area contributed by atoms with Crippen molar-refractivity contribution in [3.05, 3.63) is 11.8 Å². The molecule has 0 bridgehead atoms. The van der Waals surface area contributed by atoms with Crippen molar-refractivity contribution in [3.63, 3.8) is 0 Å². The fraction of sp³-hybridized carbons (Fsp3) is 0.400.